The highest BCUT2D eigenvalue weighted by Gasteiger charge is 2.82. The zero-order valence-electron chi connectivity index (χ0n) is 21.7. The molecule has 2 spiro atoms. The number of hydrogen-bond donors (Lipinski definition) is 1. The fourth-order valence-corrected chi connectivity index (χ4v) is 11.1. The summed E-state index contributed by atoms with van der Waals surface area (Å²) in [6, 6.07) is 0. The van der Waals surface area contributed by atoms with Gasteiger partial charge in [-0.15, -0.1) is 0 Å². The van der Waals surface area contributed by atoms with E-state index in [2.05, 4.69) is 54.5 Å². The normalized spacial score (nSPS) is 52.9. The van der Waals surface area contributed by atoms with Gasteiger partial charge < -0.3 is 5.11 Å². The summed E-state index contributed by atoms with van der Waals surface area (Å²) in [6.45, 7) is 17.3. The second kappa shape index (κ2) is 6.86. The van der Waals surface area contributed by atoms with E-state index in [1.807, 2.05) is 0 Å². The van der Waals surface area contributed by atoms with Crippen LogP contribution in [0.2, 0.25) is 0 Å². The predicted octanol–water partition coefficient (Wildman–Crippen LogP) is 8.17. The third-order valence-electron chi connectivity index (χ3n) is 13.0. The van der Waals surface area contributed by atoms with Gasteiger partial charge in [0.15, 0.2) is 0 Å². The van der Waals surface area contributed by atoms with Gasteiger partial charge in [-0.2, -0.15) is 0 Å². The van der Waals surface area contributed by atoms with Gasteiger partial charge in [0.05, 0.1) is 6.10 Å². The van der Waals surface area contributed by atoms with Crippen molar-refractivity contribution >= 4 is 0 Å². The molecule has 5 fully saturated rings. The number of aliphatic hydroxyl groups is 1. The molecule has 1 heteroatoms. The number of allylic oxidation sites excluding steroid dienone is 2. The van der Waals surface area contributed by atoms with Crippen LogP contribution in [0.5, 0.6) is 0 Å². The van der Waals surface area contributed by atoms with Crippen molar-refractivity contribution < 1.29 is 5.11 Å². The van der Waals surface area contributed by atoms with Gasteiger partial charge in [-0.05, 0) is 135 Å². The molecule has 0 aromatic carbocycles. The molecule has 0 heterocycles. The lowest BCUT2D eigenvalue weighted by atomic mass is 9.41. The molecule has 0 radical (unpaired) electrons. The van der Waals surface area contributed by atoms with Crippen LogP contribution in [0.3, 0.4) is 0 Å². The lowest BCUT2D eigenvalue weighted by Crippen LogP contribution is -2.57. The summed E-state index contributed by atoms with van der Waals surface area (Å²) < 4.78 is 0. The quantitative estimate of drug-likeness (QED) is 0.449. The van der Waals surface area contributed by atoms with Gasteiger partial charge in [-0.3, -0.25) is 0 Å². The van der Waals surface area contributed by atoms with Crippen molar-refractivity contribution in [2.75, 3.05) is 0 Å². The van der Waals surface area contributed by atoms with E-state index in [0.717, 1.165) is 30.1 Å². The highest BCUT2D eigenvalue weighted by Crippen LogP contribution is 2.89. The summed E-state index contributed by atoms with van der Waals surface area (Å²) >= 11 is 0. The van der Waals surface area contributed by atoms with Crippen LogP contribution in [-0.4, -0.2) is 11.2 Å². The molecule has 5 aliphatic rings. The standard InChI is InChI=1S/C30H50O/c1-20(2)9-8-10-21(3)22-13-15-28(7)24-12-11-23-26(4,5)25(31)14-16-29(23)19-30(24,29)18-17-27(22,28)6/h9,21-25,31H,8,10-19H2,1-7H3/t21-,22?,23+,24?,25+,27?,28+,29?,30?/m1/s1. The largest absolute Gasteiger partial charge is 0.393 e. The van der Waals surface area contributed by atoms with E-state index in [4.69, 9.17) is 0 Å². The van der Waals surface area contributed by atoms with E-state index in [1.165, 1.54) is 69.8 Å². The maximum Gasteiger partial charge on any atom is 0.0594 e. The van der Waals surface area contributed by atoms with Crippen molar-refractivity contribution in [2.24, 2.45) is 50.7 Å². The molecule has 0 aliphatic heterocycles. The molecule has 1 N–H and O–H groups in total. The van der Waals surface area contributed by atoms with Crippen molar-refractivity contribution in [3.05, 3.63) is 11.6 Å². The monoisotopic (exact) mass is 426 g/mol. The average Bonchev–Trinajstić information content (AvgIpc) is 3.27. The van der Waals surface area contributed by atoms with Crippen LogP contribution in [0.15, 0.2) is 11.6 Å². The molecule has 5 aliphatic carbocycles. The van der Waals surface area contributed by atoms with E-state index in [9.17, 15) is 5.11 Å². The first-order valence-corrected chi connectivity index (χ1v) is 13.8. The SMILES string of the molecule is CC(C)=CCC[C@@H](C)C1CC[C@@]2(C)C3CC[C@H]4C(C)(C)[C@@H](O)CCC45CC35CCC12C. The number of aliphatic hydroxyl groups excluding tert-OH is 1. The molecule has 0 bridgehead atoms. The molecule has 176 valence electrons. The smallest absolute Gasteiger partial charge is 0.0594 e. The highest BCUT2D eigenvalue weighted by atomic mass is 16.3. The molecule has 5 saturated carbocycles. The van der Waals surface area contributed by atoms with Gasteiger partial charge in [-0.25, -0.2) is 0 Å². The zero-order chi connectivity index (χ0) is 22.4. The second-order valence-corrected chi connectivity index (χ2v) is 14.4. The number of rotatable bonds is 4. The Balaban J connectivity index is 1.41. The first-order chi connectivity index (χ1) is 14.4. The fraction of sp³-hybridized carbons (Fsp3) is 0.933. The first kappa shape index (κ1) is 22.5. The van der Waals surface area contributed by atoms with Gasteiger partial charge >= 0.3 is 0 Å². The van der Waals surface area contributed by atoms with E-state index in [1.54, 1.807) is 0 Å². The highest BCUT2D eigenvalue weighted by molar-refractivity contribution is 5.30. The van der Waals surface area contributed by atoms with Crippen molar-refractivity contribution in [2.45, 2.75) is 125 Å². The minimum absolute atomic E-state index is 0.0840. The molecular weight excluding hydrogens is 376 g/mol. The van der Waals surface area contributed by atoms with Crippen LogP contribution in [0, 0.1) is 50.7 Å². The van der Waals surface area contributed by atoms with Crippen LogP contribution in [0.1, 0.15) is 119 Å². The summed E-state index contributed by atoms with van der Waals surface area (Å²) in [5.41, 5.74) is 3.87. The fourth-order valence-electron chi connectivity index (χ4n) is 11.1. The maximum absolute atomic E-state index is 10.8. The molecule has 5 rings (SSSR count). The van der Waals surface area contributed by atoms with Crippen LogP contribution >= 0.6 is 0 Å². The molecule has 31 heavy (non-hydrogen) atoms. The Kier molecular flexibility index (Phi) is 4.98. The zero-order valence-corrected chi connectivity index (χ0v) is 21.7. The summed E-state index contributed by atoms with van der Waals surface area (Å²) in [7, 11) is 0. The first-order valence-electron chi connectivity index (χ1n) is 13.8. The minimum Gasteiger partial charge on any atom is -0.393 e. The van der Waals surface area contributed by atoms with E-state index < -0.39 is 0 Å². The topological polar surface area (TPSA) is 20.2 Å². The molecule has 5 unspecified atom stereocenters. The number of hydrogen-bond acceptors (Lipinski definition) is 1. The third kappa shape index (κ3) is 2.71. The van der Waals surface area contributed by atoms with E-state index >= 15 is 0 Å². The molecular formula is C30H50O. The van der Waals surface area contributed by atoms with Crippen LogP contribution in [-0.2, 0) is 0 Å². The molecule has 9 atom stereocenters. The van der Waals surface area contributed by atoms with Crippen LogP contribution in [0.4, 0.5) is 0 Å². The molecule has 0 aromatic heterocycles. The summed E-state index contributed by atoms with van der Waals surface area (Å²) in [5.74, 6) is 3.46. The van der Waals surface area contributed by atoms with Crippen LogP contribution in [0.25, 0.3) is 0 Å². The molecule has 0 aromatic rings. The summed E-state index contributed by atoms with van der Waals surface area (Å²) in [5, 5.41) is 10.8. The van der Waals surface area contributed by atoms with Crippen molar-refractivity contribution in [1.82, 2.24) is 0 Å². The predicted molar refractivity (Wildman–Crippen MR) is 131 cm³/mol. The summed E-state index contributed by atoms with van der Waals surface area (Å²) in [4.78, 5) is 0. The van der Waals surface area contributed by atoms with Gasteiger partial charge in [-0.1, -0.05) is 46.3 Å². The Morgan fingerprint density at radius 3 is 2.26 bits per heavy atom. The van der Waals surface area contributed by atoms with Gasteiger partial charge in [0.25, 0.3) is 0 Å². The minimum atomic E-state index is -0.0840. The Hall–Kier alpha value is -0.300. The Bertz CT molecular complexity index is 760. The van der Waals surface area contributed by atoms with Crippen molar-refractivity contribution in [1.29, 1.82) is 0 Å². The Labute approximate surface area is 192 Å². The molecule has 1 nitrogen and oxygen atoms in total. The number of fused-ring (bicyclic) bond motifs is 2. The lowest BCUT2D eigenvalue weighted by Gasteiger charge is -2.63. The van der Waals surface area contributed by atoms with Crippen molar-refractivity contribution in [3.63, 3.8) is 0 Å². The maximum atomic E-state index is 10.8. The lowest BCUT2D eigenvalue weighted by molar-refractivity contribution is -0.161. The summed E-state index contributed by atoms with van der Waals surface area (Å²) in [6.07, 6.45) is 17.6. The van der Waals surface area contributed by atoms with Gasteiger partial charge in [0, 0.05) is 0 Å². The molecule has 0 saturated heterocycles. The second-order valence-electron chi connectivity index (χ2n) is 14.4. The van der Waals surface area contributed by atoms with Crippen LogP contribution < -0.4 is 0 Å². The Morgan fingerprint density at radius 2 is 1.55 bits per heavy atom. The third-order valence-corrected chi connectivity index (χ3v) is 13.0. The van der Waals surface area contributed by atoms with Gasteiger partial charge in [0.2, 0.25) is 0 Å². The molecule has 0 amide bonds. The van der Waals surface area contributed by atoms with Gasteiger partial charge in [0.1, 0.15) is 0 Å². The Morgan fingerprint density at radius 1 is 0.871 bits per heavy atom. The van der Waals surface area contributed by atoms with Crippen molar-refractivity contribution in [3.8, 4) is 0 Å². The van der Waals surface area contributed by atoms with E-state index in [-0.39, 0.29) is 11.5 Å². The average molecular weight is 427 g/mol. The van der Waals surface area contributed by atoms with E-state index in [0.29, 0.717) is 21.7 Å².